The molecule has 6 nitrogen and oxygen atoms in total. The quantitative estimate of drug-likeness (QED) is 0.555. The van der Waals surface area contributed by atoms with E-state index in [1.807, 2.05) is 0 Å². The van der Waals surface area contributed by atoms with E-state index in [2.05, 4.69) is 10.6 Å². The molecule has 0 fully saturated rings. The predicted molar refractivity (Wildman–Crippen MR) is 106 cm³/mol. The molecule has 0 spiro atoms. The van der Waals surface area contributed by atoms with E-state index >= 15 is 0 Å². The van der Waals surface area contributed by atoms with Gasteiger partial charge in [0.05, 0.1) is 5.02 Å². The molecule has 27 heavy (non-hydrogen) atoms. The molecule has 8 heteroatoms. The molecule has 0 atom stereocenters. The van der Waals surface area contributed by atoms with E-state index in [0.29, 0.717) is 41.0 Å². The first-order chi connectivity index (χ1) is 13.0. The Bertz CT molecular complexity index is 782. The molecule has 144 valence electrons. The summed E-state index contributed by atoms with van der Waals surface area (Å²) >= 11 is 11.8. The monoisotopic (exact) mass is 409 g/mol. The highest BCUT2D eigenvalue weighted by molar-refractivity contribution is 6.35. The number of ether oxygens (including phenoxy) is 1. The number of amides is 2. The van der Waals surface area contributed by atoms with Gasteiger partial charge in [0.1, 0.15) is 5.75 Å². The minimum atomic E-state index is -0.287. The second-order valence-corrected chi connectivity index (χ2v) is 6.58. The summed E-state index contributed by atoms with van der Waals surface area (Å²) in [6.45, 7) is 1.24. The molecular formula is C19H21Cl2N3O3. The molecule has 0 saturated heterocycles. The molecule has 2 amide bonds. The summed E-state index contributed by atoms with van der Waals surface area (Å²) in [5.74, 6) is -0.0434. The lowest BCUT2D eigenvalue weighted by Gasteiger charge is -2.09. The fourth-order valence-corrected chi connectivity index (χ4v) is 2.63. The zero-order valence-electron chi connectivity index (χ0n) is 14.6. The van der Waals surface area contributed by atoms with Crippen molar-refractivity contribution in [2.75, 3.05) is 19.7 Å². The summed E-state index contributed by atoms with van der Waals surface area (Å²) < 4.78 is 5.37. The van der Waals surface area contributed by atoms with Crippen LogP contribution in [-0.2, 0) is 11.3 Å². The third kappa shape index (κ3) is 7.09. The predicted octanol–water partition coefficient (Wildman–Crippen LogP) is 2.77. The van der Waals surface area contributed by atoms with Crippen LogP contribution in [0.3, 0.4) is 0 Å². The molecule has 2 aromatic carbocycles. The Balaban J connectivity index is 1.77. The first-order valence-corrected chi connectivity index (χ1v) is 9.17. The first-order valence-electron chi connectivity index (χ1n) is 8.41. The van der Waals surface area contributed by atoms with Crippen molar-refractivity contribution in [3.8, 4) is 5.75 Å². The van der Waals surface area contributed by atoms with E-state index in [0.717, 1.165) is 12.0 Å². The molecule has 0 radical (unpaired) electrons. The van der Waals surface area contributed by atoms with Crippen LogP contribution in [0.25, 0.3) is 0 Å². The van der Waals surface area contributed by atoms with Crippen LogP contribution in [0.5, 0.6) is 5.75 Å². The zero-order valence-corrected chi connectivity index (χ0v) is 16.1. The Hall–Kier alpha value is -2.28. The van der Waals surface area contributed by atoms with Crippen molar-refractivity contribution in [2.24, 2.45) is 5.73 Å². The Labute approximate surface area is 168 Å². The lowest BCUT2D eigenvalue weighted by molar-refractivity contribution is -0.123. The molecule has 0 unspecified atom stereocenters. The van der Waals surface area contributed by atoms with Crippen molar-refractivity contribution in [3.05, 3.63) is 63.6 Å². The van der Waals surface area contributed by atoms with Gasteiger partial charge in [0.25, 0.3) is 11.8 Å². The van der Waals surface area contributed by atoms with Crippen LogP contribution < -0.4 is 21.1 Å². The smallest absolute Gasteiger partial charge is 0.258 e. The van der Waals surface area contributed by atoms with Crippen LogP contribution in [0.2, 0.25) is 10.0 Å². The van der Waals surface area contributed by atoms with Crippen molar-refractivity contribution in [3.63, 3.8) is 0 Å². The fourth-order valence-electron chi connectivity index (χ4n) is 2.17. The average molecular weight is 410 g/mol. The Morgan fingerprint density at radius 3 is 2.44 bits per heavy atom. The van der Waals surface area contributed by atoms with Gasteiger partial charge in [-0.25, -0.2) is 0 Å². The third-order valence-electron chi connectivity index (χ3n) is 3.62. The standard InChI is InChI=1S/C19H21Cl2N3O3/c20-15-6-7-17(16(21)10-15)27-12-18(25)24-11-13-2-4-14(5-3-13)19(26)23-9-1-8-22/h2-7,10H,1,8-9,11-12,22H2,(H,23,26)(H,24,25). The number of hydrogen-bond acceptors (Lipinski definition) is 4. The van der Waals surface area contributed by atoms with Gasteiger partial charge in [-0.2, -0.15) is 0 Å². The van der Waals surface area contributed by atoms with Gasteiger partial charge < -0.3 is 21.1 Å². The molecule has 0 aliphatic rings. The van der Waals surface area contributed by atoms with E-state index in [4.69, 9.17) is 33.7 Å². The van der Waals surface area contributed by atoms with Crippen LogP contribution in [0.1, 0.15) is 22.3 Å². The highest BCUT2D eigenvalue weighted by Gasteiger charge is 2.08. The summed E-state index contributed by atoms with van der Waals surface area (Å²) in [5.41, 5.74) is 6.82. The van der Waals surface area contributed by atoms with Crippen molar-refractivity contribution in [1.82, 2.24) is 10.6 Å². The maximum Gasteiger partial charge on any atom is 0.258 e. The molecule has 0 heterocycles. The molecule has 0 aromatic heterocycles. The maximum absolute atomic E-state index is 11.9. The van der Waals surface area contributed by atoms with Crippen molar-refractivity contribution >= 4 is 35.0 Å². The Kier molecular flexibility index (Phi) is 8.39. The number of carbonyl (C=O) groups is 2. The molecule has 2 rings (SSSR count). The average Bonchev–Trinajstić information content (AvgIpc) is 2.66. The number of hydrogen-bond donors (Lipinski definition) is 3. The molecule has 0 aliphatic carbocycles. The highest BCUT2D eigenvalue weighted by Crippen LogP contribution is 2.27. The number of benzene rings is 2. The van der Waals surface area contributed by atoms with Crippen molar-refractivity contribution in [1.29, 1.82) is 0 Å². The SMILES string of the molecule is NCCCNC(=O)c1ccc(CNC(=O)COc2ccc(Cl)cc2Cl)cc1. The van der Waals surface area contributed by atoms with Crippen molar-refractivity contribution in [2.45, 2.75) is 13.0 Å². The number of nitrogens with two attached hydrogens (primary N) is 1. The number of carbonyl (C=O) groups excluding carboxylic acids is 2. The first kappa shape index (κ1) is 21.0. The Morgan fingerprint density at radius 1 is 1.04 bits per heavy atom. The highest BCUT2D eigenvalue weighted by atomic mass is 35.5. The third-order valence-corrected chi connectivity index (χ3v) is 4.16. The summed E-state index contributed by atoms with van der Waals surface area (Å²) in [6, 6.07) is 11.8. The van der Waals surface area contributed by atoms with E-state index in [-0.39, 0.29) is 18.4 Å². The second-order valence-electron chi connectivity index (χ2n) is 5.74. The molecular weight excluding hydrogens is 389 g/mol. The molecule has 0 aliphatic heterocycles. The van der Waals surface area contributed by atoms with Gasteiger partial charge in [0.15, 0.2) is 6.61 Å². The van der Waals surface area contributed by atoms with Gasteiger partial charge in [0.2, 0.25) is 0 Å². The minimum absolute atomic E-state index is 0.146. The van der Waals surface area contributed by atoms with Gasteiger partial charge in [-0.15, -0.1) is 0 Å². The van der Waals surface area contributed by atoms with Crippen LogP contribution in [0, 0.1) is 0 Å². The van der Waals surface area contributed by atoms with Gasteiger partial charge in [0, 0.05) is 23.7 Å². The lowest BCUT2D eigenvalue weighted by Crippen LogP contribution is -2.28. The molecule has 0 saturated carbocycles. The number of nitrogens with one attached hydrogen (secondary N) is 2. The topological polar surface area (TPSA) is 93.5 Å². The van der Waals surface area contributed by atoms with E-state index < -0.39 is 0 Å². The second kappa shape index (κ2) is 10.8. The minimum Gasteiger partial charge on any atom is -0.482 e. The van der Waals surface area contributed by atoms with Gasteiger partial charge in [-0.05, 0) is 48.9 Å². The molecule has 4 N–H and O–H groups in total. The van der Waals surface area contributed by atoms with Crippen LogP contribution >= 0.6 is 23.2 Å². The van der Waals surface area contributed by atoms with Crippen molar-refractivity contribution < 1.29 is 14.3 Å². The van der Waals surface area contributed by atoms with Gasteiger partial charge in [-0.3, -0.25) is 9.59 Å². The largest absolute Gasteiger partial charge is 0.482 e. The van der Waals surface area contributed by atoms with E-state index in [9.17, 15) is 9.59 Å². The van der Waals surface area contributed by atoms with E-state index in [1.165, 1.54) is 0 Å². The Morgan fingerprint density at radius 2 is 1.78 bits per heavy atom. The summed E-state index contributed by atoms with van der Waals surface area (Å²) in [6.07, 6.45) is 0.735. The molecule has 0 bridgehead atoms. The van der Waals surface area contributed by atoms with Gasteiger partial charge in [-0.1, -0.05) is 35.3 Å². The number of rotatable bonds is 9. The summed E-state index contributed by atoms with van der Waals surface area (Å²) in [7, 11) is 0. The lowest BCUT2D eigenvalue weighted by atomic mass is 10.1. The normalized spacial score (nSPS) is 10.3. The maximum atomic E-state index is 11.9. The van der Waals surface area contributed by atoms with E-state index in [1.54, 1.807) is 42.5 Å². The van der Waals surface area contributed by atoms with Crippen LogP contribution in [-0.4, -0.2) is 31.5 Å². The van der Waals surface area contributed by atoms with Crippen LogP contribution in [0.15, 0.2) is 42.5 Å². The summed E-state index contributed by atoms with van der Waals surface area (Å²) in [5, 5.41) is 6.37. The molecule has 2 aromatic rings. The zero-order chi connectivity index (χ0) is 19.6. The van der Waals surface area contributed by atoms with Crippen LogP contribution in [0.4, 0.5) is 0 Å². The fraction of sp³-hybridized carbons (Fsp3) is 0.263. The summed E-state index contributed by atoms with van der Waals surface area (Å²) in [4.78, 5) is 23.8. The number of halogens is 2. The van der Waals surface area contributed by atoms with Gasteiger partial charge >= 0.3 is 0 Å².